The SMILES string of the molecule is CC(C)c1cc(C#N)cc(C(C)C)c1NC(=O)N[SH](N)(=O)c1ccc(C(C)(C)O)s1. The molecule has 9 heteroatoms. The van der Waals surface area contributed by atoms with Crippen molar-refractivity contribution in [3.63, 3.8) is 0 Å². The molecule has 2 rings (SSSR count). The van der Waals surface area contributed by atoms with Gasteiger partial charge in [-0.25, -0.2) is 9.00 Å². The number of hydrogen-bond acceptors (Lipinski definition) is 5. The summed E-state index contributed by atoms with van der Waals surface area (Å²) in [5.74, 6) is 0.116. The first-order valence-electron chi connectivity index (χ1n) is 9.65. The van der Waals surface area contributed by atoms with E-state index < -0.39 is 21.9 Å². The van der Waals surface area contributed by atoms with E-state index in [9.17, 15) is 19.4 Å². The van der Waals surface area contributed by atoms with Crippen LogP contribution < -0.4 is 15.2 Å². The van der Waals surface area contributed by atoms with E-state index in [4.69, 9.17) is 5.14 Å². The minimum Gasteiger partial charge on any atom is -0.385 e. The van der Waals surface area contributed by atoms with Gasteiger partial charge in [0.15, 0.2) is 0 Å². The second-order valence-electron chi connectivity index (χ2n) is 8.37. The summed E-state index contributed by atoms with van der Waals surface area (Å²) in [6.07, 6.45) is 0. The van der Waals surface area contributed by atoms with Crippen molar-refractivity contribution in [2.24, 2.45) is 5.14 Å². The summed E-state index contributed by atoms with van der Waals surface area (Å²) in [4.78, 5) is 13.3. The summed E-state index contributed by atoms with van der Waals surface area (Å²) < 4.78 is 15.7. The van der Waals surface area contributed by atoms with Crippen LogP contribution in [-0.2, 0) is 15.9 Å². The van der Waals surface area contributed by atoms with Gasteiger partial charge >= 0.3 is 6.03 Å². The molecule has 0 saturated carbocycles. The van der Waals surface area contributed by atoms with Gasteiger partial charge in [-0.1, -0.05) is 27.7 Å². The lowest BCUT2D eigenvalue weighted by Crippen LogP contribution is -2.44. The van der Waals surface area contributed by atoms with Gasteiger partial charge in [0.25, 0.3) is 0 Å². The van der Waals surface area contributed by atoms with Crippen molar-refractivity contribution in [3.8, 4) is 6.07 Å². The zero-order valence-electron chi connectivity index (χ0n) is 18.1. The van der Waals surface area contributed by atoms with Crippen LogP contribution in [0.25, 0.3) is 0 Å². The van der Waals surface area contributed by atoms with E-state index in [0.717, 1.165) is 22.5 Å². The van der Waals surface area contributed by atoms with Crippen molar-refractivity contribution < 1.29 is 14.1 Å². The van der Waals surface area contributed by atoms with Crippen LogP contribution in [0.3, 0.4) is 0 Å². The van der Waals surface area contributed by atoms with E-state index in [1.54, 1.807) is 38.1 Å². The van der Waals surface area contributed by atoms with Gasteiger partial charge in [0, 0.05) is 20.9 Å². The number of benzene rings is 1. The van der Waals surface area contributed by atoms with Crippen molar-refractivity contribution in [2.75, 3.05) is 5.32 Å². The Morgan fingerprint density at radius 2 is 1.73 bits per heavy atom. The minimum atomic E-state index is -3.69. The second kappa shape index (κ2) is 8.86. The molecule has 0 aliphatic carbocycles. The third-order valence-corrected chi connectivity index (χ3v) is 8.23. The number of nitrogens with one attached hydrogen (secondary N) is 2. The molecule has 0 unspecified atom stereocenters. The highest BCUT2D eigenvalue weighted by Crippen LogP contribution is 2.34. The van der Waals surface area contributed by atoms with Gasteiger partial charge in [-0.2, -0.15) is 5.26 Å². The zero-order valence-corrected chi connectivity index (χ0v) is 19.8. The van der Waals surface area contributed by atoms with Gasteiger partial charge in [0.2, 0.25) is 0 Å². The molecule has 1 aromatic carbocycles. The fourth-order valence-corrected chi connectivity index (χ4v) is 5.48. The maximum absolute atomic E-state index is 13.0. The molecule has 164 valence electrons. The highest BCUT2D eigenvalue weighted by molar-refractivity contribution is 8.01. The fourth-order valence-electron chi connectivity index (χ4n) is 2.99. The lowest BCUT2D eigenvalue weighted by Gasteiger charge is -2.24. The van der Waals surface area contributed by atoms with Crippen molar-refractivity contribution in [3.05, 3.63) is 45.8 Å². The van der Waals surface area contributed by atoms with E-state index in [1.165, 1.54) is 0 Å². The van der Waals surface area contributed by atoms with Gasteiger partial charge in [-0.05, 0) is 61.1 Å². The molecule has 1 aromatic heterocycles. The number of urea groups is 1. The molecule has 2 amide bonds. The number of thiophene rings is 1. The molecular formula is C21H30N4O3S2. The molecule has 1 heterocycles. The van der Waals surface area contributed by atoms with E-state index in [-0.39, 0.29) is 11.8 Å². The smallest absolute Gasteiger partial charge is 0.330 e. The molecule has 7 nitrogen and oxygen atoms in total. The first-order chi connectivity index (χ1) is 13.8. The Hall–Kier alpha value is -2.25. The third kappa shape index (κ3) is 5.46. The summed E-state index contributed by atoms with van der Waals surface area (Å²) in [6, 6.07) is 8.18. The zero-order chi connectivity index (χ0) is 22.9. The number of rotatable bonds is 6. The van der Waals surface area contributed by atoms with Gasteiger partial charge in [0.1, 0.15) is 0 Å². The summed E-state index contributed by atoms with van der Waals surface area (Å²) in [5, 5.41) is 28.2. The number of thiol groups is 1. The number of nitrogens with two attached hydrogens (primary N) is 1. The Balaban J connectivity index is 2.35. The third-order valence-electron chi connectivity index (χ3n) is 4.60. The number of nitriles is 1. The molecule has 0 saturated heterocycles. The number of carbonyl (C=O) groups is 1. The first kappa shape index (κ1) is 24.0. The molecule has 5 N–H and O–H groups in total. The monoisotopic (exact) mass is 450 g/mol. The van der Waals surface area contributed by atoms with Crippen LogP contribution in [0.2, 0.25) is 0 Å². The number of nitrogens with zero attached hydrogens (tertiary/aromatic N) is 1. The van der Waals surface area contributed by atoms with Crippen molar-refractivity contribution in [1.29, 1.82) is 5.26 Å². The first-order valence-corrected chi connectivity index (χ1v) is 12.2. The number of anilines is 1. The standard InChI is InChI=1S/C21H30N4O3S2/c1-12(2)15-9-14(11-22)10-16(13(3)4)19(15)24-20(26)25-30(23,28)18-8-7-17(29-18)21(5,6)27/h7-10,12-13,27,30H,1-6H3,(H4,23,24,25,26,28). The molecule has 0 atom stereocenters. The maximum atomic E-state index is 13.0. The topological polar surface area (TPSA) is 128 Å². The average molecular weight is 451 g/mol. The number of aliphatic hydroxyl groups is 1. The number of amides is 2. The van der Waals surface area contributed by atoms with Gasteiger partial charge in [-0.3, -0.25) is 9.86 Å². The predicted molar refractivity (Wildman–Crippen MR) is 123 cm³/mol. The number of carbonyl (C=O) groups excluding carboxylic acids is 1. The van der Waals surface area contributed by atoms with Crippen LogP contribution >= 0.6 is 11.3 Å². The Kier molecular flexibility index (Phi) is 7.09. The van der Waals surface area contributed by atoms with Crippen LogP contribution in [-0.4, -0.2) is 15.3 Å². The normalized spacial score (nSPS) is 12.7. The van der Waals surface area contributed by atoms with Crippen LogP contribution in [0.4, 0.5) is 10.5 Å². The highest BCUT2D eigenvalue weighted by atomic mass is 32.3. The van der Waals surface area contributed by atoms with Crippen LogP contribution in [0, 0.1) is 11.3 Å². The summed E-state index contributed by atoms with van der Waals surface area (Å²) >= 11 is 1.10. The van der Waals surface area contributed by atoms with Gasteiger partial charge in [0.05, 0.1) is 21.4 Å². The molecule has 2 aromatic rings. The van der Waals surface area contributed by atoms with Crippen molar-refractivity contribution in [1.82, 2.24) is 4.72 Å². The molecule has 30 heavy (non-hydrogen) atoms. The molecule has 0 bridgehead atoms. The van der Waals surface area contributed by atoms with E-state index in [1.807, 2.05) is 27.7 Å². The summed E-state index contributed by atoms with van der Waals surface area (Å²) in [6.45, 7) is 11.1. The van der Waals surface area contributed by atoms with Crippen LogP contribution in [0.1, 0.15) is 74.9 Å². The lowest BCUT2D eigenvalue weighted by molar-refractivity contribution is 0.0825. The van der Waals surface area contributed by atoms with Crippen LogP contribution in [0.5, 0.6) is 0 Å². The Bertz CT molecular complexity index is 1000. The summed E-state index contributed by atoms with van der Waals surface area (Å²) in [5.41, 5.74) is 1.67. The van der Waals surface area contributed by atoms with Crippen molar-refractivity contribution >= 4 is 33.4 Å². The maximum Gasteiger partial charge on any atom is 0.330 e. The summed E-state index contributed by atoms with van der Waals surface area (Å²) in [7, 11) is -3.69. The van der Waals surface area contributed by atoms with Crippen LogP contribution in [0.15, 0.2) is 28.5 Å². The second-order valence-corrected chi connectivity index (χ2v) is 11.8. The quantitative estimate of drug-likeness (QED) is 0.425. The number of hydrogen-bond donors (Lipinski definition) is 5. The molecular weight excluding hydrogens is 420 g/mol. The van der Waals surface area contributed by atoms with E-state index >= 15 is 0 Å². The van der Waals surface area contributed by atoms with Crippen molar-refractivity contribution in [2.45, 2.75) is 63.2 Å². The predicted octanol–water partition coefficient (Wildman–Crippen LogP) is 4.08. The largest absolute Gasteiger partial charge is 0.385 e. The fraction of sp³-hybridized carbons (Fsp3) is 0.429. The Labute approximate surface area is 183 Å². The highest BCUT2D eigenvalue weighted by Gasteiger charge is 2.24. The molecule has 0 spiro atoms. The van der Waals surface area contributed by atoms with E-state index in [0.29, 0.717) is 20.3 Å². The Morgan fingerprint density at radius 1 is 1.20 bits per heavy atom. The Morgan fingerprint density at radius 3 is 2.13 bits per heavy atom. The van der Waals surface area contributed by atoms with E-state index in [2.05, 4.69) is 16.1 Å². The van der Waals surface area contributed by atoms with Gasteiger partial charge < -0.3 is 10.4 Å². The molecule has 0 radical (unpaired) electrons. The molecule has 0 aliphatic heterocycles. The molecule has 0 aliphatic rings. The minimum absolute atomic E-state index is 0.0578. The molecule has 0 fully saturated rings. The average Bonchev–Trinajstić information content (AvgIpc) is 3.12. The van der Waals surface area contributed by atoms with Gasteiger partial charge in [-0.15, -0.1) is 11.3 Å². The lowest BCUT2D eigenvalue weighted by atomic mass is 9.90.